The van der Waals surface area contributed by atoms with Gasteiger partial charge in [0.1, 0.15) is 0 Å². The molecule has 0 aromatic heterocycles. The van der Waals surface area contributed by atoms with Crippen LogP contribution in [0.4, 0.5) is 5.69 Å². The average Bonchev–Trinajstić information content (AvgIpc) is 2.85. The van der Waals surface area contributed by atoms with Gasteiger partial charge in [-0.05, 0) is 25.0 Å². The Bertz CT molecular complexity index is 535. The third-order valence-electron chi connectivity index (χ3n) is 5.15. The van der Waals surface area contributed by atoms with Gasteiger partial charge in [0.25, 0.3) is 0 Å². The van der Waals surface area contributed by atoms with Crippen LogP contribution in [0.25, 0.3) is 0 Å². The molecule has 3 rings (SSSR count). The molecule has 1 heterocycles. The number of nitrogens with one attached hydrogen (secondary N) is 1. The van der Waals surface area contributed by atoms with Crippen LogP contribution in [0.3, 0.4) is 0 Å². The molecule has 4 nitrogen and oxygen atoms in total. The maximum absolute atomic E-state index is 12.3. The van der Waals surface area contributed by atoms with Gasteiger partial charge in [-0.25, -0.2) is 0 Å². The van der Waals surface area contributed by atoms with Crippen molar-refractivity contribution >= 4 is 23.2 Å². The number of carbonyl (C=O) groups excluding carboxylic acids is 1. The van der Waals surface area contributed by atoms with E-state index >= 15 is 0 Å². The molecule has 1 aliphatic heterocycles. The summed E-state index contributed by atoms with van der Waals surface area (Å²) in [6, 6.07) is 8.37. The molecule has 0 atom stereocenters. The number of carbonyl (C=O) groups is 1. The highest BCUT2D eigenvalue weighted by Gasteiger charge is 2.21. The van der Waals surface area contributed by atoms with E-state index in [-0.39, 0.29) is 5.91 Å². The van der Waals surface area contributed by atoms with Crippen LogP contribution in [0.2, 0.25) is 5.02 Å². The smallest absolute Gasteiger partial charge is 0.234 e. The fourth-order valence-corrected chi connectivity index (χ4v) is 4.01. The lowest BCUT2D eigenvalue weighted by Gasteiger charge is -2.36. The van der Waals surface area contributed by atoms with E-state index in [1.54, 1.807) is 0 Å². The summed E-state index contributed by atoms with van der Waals surface area (Å²) in [5.74, 6) is 0.188. The highest BCUT2D eigenvalue weighted by molar-refractivity contribution is 6.33. The predicted octanol–water partition coefficient (Wildman–Crippen LogP) is 3.30. The van der Waals surface area contributed by atoms with E-state index in [1.807, 2.05) is 18.2 Å². The fourth-order valence-electron chi connectivity index (χ4n) is 3.76. The standard InChI is InChI=1S/C19H28ClN3O/c20-17-9-5-6-10-18(17)23-13-11-22(12-14-23)15-19(24)21-16-7-3-1-2-4-8-16/h5-6,9-10,16H,1-4,7-8,11-15H2,(H,21,24). The van der Waals surface area contributed by atoms with Crippen LogP contribution in [0, 0.1) is 0 Å². The molecule has 1 aromatic carbocycles. The second-order valence-electron chi connectivity index (χ2n) is 6.97. The molecular weight excluding hydrogens is 322 g/mol. The van der Waals surface area contributed by atoms with Crippen molar-refractivity contribution in [2.75, 3.05) is 37.6 Å². The molecular formula is C19H28ClN3O. The van der Waals surface area contributed by atoms with Crippen LogP contribution in [0.1, 0.15) is 38.5 Å². The Hall–Kier alpha value is -1.26. The molecule has 1 aromatic rings. The normalized spacial score (nSPS) is 20.6. The topological polar surface area (TPSA) is 35.6 Å². The van der Waals surface area contributed by atoms with Crippen molar-refractivity contribution in [1.29, 1.82) is 0 Å². The van der Waals surface area contributed by atoms with Crippen LogP contribution >= 0.6 is 11.6 Å². The number of benzene rings is 1. The van der Waals surface area contributed by atoms with Gasteiger partial charge in [0, 0.05) is 32.2 Å². The fraction of sp³-hybridized carbons (Fsp3) is 0.632. The molecule has 132 valence electrons. The largest absolute Gasteiger partial charge is 0.368 e. The molecule has 1 N–H and O–H groups in total. The van der Waals surface area contributed by atoms with Gasteiger partial charge >= 0.3 is 0 Å². The average molecular weight is 350 g/mol. The lowest BCUT2D eigenvalue weighted by atomic mass is 10.1. The van der Waals surface area contributed by atoms with Crippen LogP contribution < -0.4 is 10.2 Å². The van der Waals surface area contributed by atoms with Crippen molar-refractivity contribution in [3.8, 4) is 0 Å². The summed E-state index contributed by atoms with van der Waals surface area (Å²) in [5.41, 5.74) is 1.10. The van der Waals surface area contributed by atoms with Crippen molar-refractivity contribution in [1.82, 2.24) is 10.2 Å². The Labute approximate surface area is 150 Å². The highest BCUT2D eigenvalue weighted by Crippen LogP contribution is 2.26. The van der Waals surface area contributed by atoms with Crippen molar-refractivity contribution in [3.05, 3.63) is 29.3 Å². The van der Waals surface area contributed by atoms with E-state index in [0.29, 0.717) is 12.6 Å². The van der Waals surface area contributed by atoms with Gasteiger partial charge in [-0.3, -0.25) is 9.69 Å². The lowest BCUT2D eigenvalue weighted by molar-refractivity contribution is -0.123. The predicted molar refractivity (Wildman–Crippen MR) is 99.7 cm³/mol. The quantitative estimate of drug-likeness (QED) is 0.847. The number of nitrogens with zero attached hydrogens (tertiary/aromatic N) is 2. The molecule has 0 bridgehead atoms. The Morgan fingerprint density at radius 3 is 2.38 bits per heavy atom. The number of amides is 1. The van der Waals surface area contributed by atoms with Crippen LogP contribution in [0.5, 0.6) is 0 Å². The zero-order valence-corrected chi connectivity index (χ0v) is 15.1. The van der Waals surface area contributed by atoms with Gasteiger partial charge in [0.05, 0.1) is 17.3 Å². The summed E-state index contributed by atoms with van der Waals surface area (Å²) in [6.45, 7) is 4.17. The summed E-state index contributed by atoms with van der Waals surface area (Å²) >= 11 is 6.28. The number of piperazine rings is 1. The summed E-state index contributed by atoms with van der Waals surface area (Å²) in [4.78, 5) is 16.9. The second kappa shape index (κ2) is 8.72. The molecule has 1 saturated heterocycles. The van der Waals surface area contributed by atoms with Gasteiger partial charge in [-0.2, -0.15) is 0 Å². The minimum absolute atomic E-state index is 0.188. The van der Waals surface area contributed by atoms with E-state index in [1.165, 1.54) is 25.7 Å². The van der Waals surface area contributed by atoms with Crippen molar-refractivity contribution < 1.29 is 4.79 Å². The zero-order chi connectivity index (χ0) is 16.8. The van der Waals surface area contributed by atoms with Crippen molar-refractivity contribution in [3.63, 3.8) is 0 Å². The van der Waals surface area contributed by atoms with Gasteiger partial charge in [-0.15, -0.1) is 0 Å². The Kier molecular flexibility index (Phi) is 6.38. The van der Waals surface area contributed by atoms with Crippen molar-refractivity contribution in [2.45, 2.75) is 44.6 Å². The molecule has 0 radical (unpaired) electrons. The number of halogens is 1. The first-order chi connectivity index (χ1) is 11.7. The number of para-hydroxylation sites is 1. The maximum atomic E-state index is 12.3. The number of hydrogen-bond acceptors (Lipinski definition) is 3. The maximum Gasteiger partial charge on any atom is 0.234 e. The zero-order valence-electron chi connectivity index (χ0n) is 14.3. The summed E-state index contributed by atoms with van der Waals surface area (Å²) in [5, 5.41) is 4.05. The lowest BCUT2D eigenvalue weighted by Crippen LogP contribution is -2.50. The van der Waals surface area contributed by atoms with E-state index in [9.17, 15) is 4.79 Å². The van der Waals surface area contributed by atoms with Crippen LogP contribution in [-0.4, -0.2) is 49.6 Å². The molecule has 1 amide bonds. The monoisotopic (exact) mass is 349 g/mol. The van der Waals surface area contributed by atoms with Crippen LogP contribution in [0.15, 0.2) is 24.3 Å². The van der Waals surface area contributed by atoms with E-state index in [0.717, 1.165) is 49.7 Å². The summed E-state index contributed by atoms with van der Waals surface area (Å²) in [6.07, 6.45) is 7.42. The minimum Gasteiger partial charge on any atom is -0.368 e. The van der Waals surface area contributed by atoms with E-state index in [4.69, 9.17) is 11.6 Å². The SMILES string of the molecule is O=C(CN1CCN(c2ccccc2Cl)CC1)NC1CCCCCC1. The van der Waals surface area contributed by atoms with Crippen LogP contribution in [-0.2, 0) is 4.79 Å². The summed E-state index contributed by atoms with van der Waals surface area (Å²) < 4.78 is 0. The number of anilines is 1. The Morgan fingerprint density at radius 1 is 1.04 bits per heavy atom. The molecule has 2 fully saturated rings. The highest BCUT2D eigenvalue weighted by atomic mass is 35.5. The summed E-state index contributed by atoms with van der Waals surface area (Å²) in [7, 11) is 0. The Morgan fingerprint density at radius 2 is 1.71 bits per heavy atom. The third-order valence-corrected chi connectivity index (χ3v) is 5.47. The van der Waals surface area contributed by atoms with Gasteiger partial charge in [-0.1, -0.05) is 49.4 Å². The van der Waals surface area contributed by atoms with Gasteiger partial charge < -0.3 is 10.2 Å². The van der Waals surface area contributed by atoms with E-state index in [2.05, 4.69) is 21.2 Å². The molecule has 1 aliphatic carbocycles. The molecule has 1 saturated carbocycles. The number of hydrogen-bond donors (Lipinski definition) is 1. The molecule has 0 spiro atoms. The third kappa shape index (κ3) is 4.87. The number of rotatable bonds is 4. The van der Waals surface area contributed by atoms with Gasteiger partial charge in [0.2, 0.25) is 5.91 Å². The second-order valence-corrected chi connectivity index (χ2v) is 7.38. The first-order valence-electron chi connectivity index (χ1n) is 9.23. The van der Waals surface area contributed by atoms with Crippen molar-refractivity contribution in [2.24, 2.45) is 0 Å². The minimum atomic E-state index is 0.188. The molecule has 5 heteroatoms. The first kappa shape index (κ1) is 17.6. The first-order valence-corrected chi connectivity index (χ1v) is 9.61. The Balaban J connectivity index is 1.43. The van der Waals surface area contributed by atoms with Gasteiger partial charge in [0.15, 0.2) is 0 Å². The molecule has 2 aliphatic rings. The molecule has 24 heavy (non-hydrogen) atoms. The molecule has 0 unspecified atom stereocenters. The van der Waals surface area contributed by atoms with E-state index < -0.39 is 0 Å².